The zero-order valence-corrected chi connectivity index (χ0v) is 67.8. The normalized spacial score (nSPS) is 13.2. The van der Waals surface area contributed by atoms with Crippen molar-refractivity contribution >= 4 is 162 Å². The Morgan fingerprint density at radius 2 is 0.527 bits per heavy atom. The van der Waals surface area contributed by atoms with E-state index >= 15 is 0 Å². The number of aliphatic carboxylic acids is 2. The average molecular weight is 2300 g/mol. The first-order valence-electron chi connectivity index (χ1n) is 26.0. The van der Waals surface area contributed by atoms with E-state index in [1.807, 2.05) is 113 Å². The molecule has 6 aromatic carbocycles. The molecule has 0 spiro atoms. The number of rotatable bonds is 3. The van der Waals surface area contributed by atoms with Crippen molar-refractivity contribution in [3.63, 3.8) is 0 Å². The molecule has 0 saturated carbocycles. The van der Waals surface area contributed by atoms with Crippen LogP contribution in [0.1, 0.15) is 74.7 Å². The number of halogens is 15. The SMILES string of the molecule is CC(=O)O.CC(=O)O.CCC.CCC.CCC.FB(F)F.F[P-](F)(F)(F)(F)F.[Br][Os][Br].[F-].[I-].[I][Os][I].[Os+2].c1ccc2c(c1)N[CH-]N2N1[CH-]Nc2ccccc21.c1ccc2c(c1)N[CH-]N2N1[CH-]Nc2ccccc21.c1ccc2c(c1)N[CH-]N2N1[CH-]Nc2ccccc21. The van der Waals surface area contributed by atoms with Gasteiger partial charge in [0.15, 0.2) is 0 Å². The van der Waals surface area contributed by atoms with E-state index in [4.69, 9.17) is 19.8 Å². The Labute approximate surface area is 607 Å². The Hall–Kier alpha value is -3.29. The number of hydrogen-bond donors (Lipinski definition) is 8. The topological polar surface area (TPSA) is 166 Å². The van der Waals surface area contributed by atoms with E-state index in [2.05, 4.69) is 243 Å². The van der Waals surface area contributed by atoms with Gasteiger partial charge in [-0.1, -0.05) is 134 Å². The van der Waals surface area contributed by atoms with Crippen LogP contribution in [0.15, 0.2) is 146 Å². The molecule has 6 heterocycles. The molecule has 91 heavy (non-hydrogen) atoms. The summed E-state index contributed by atoms with van der Waals surface area (Å²) in [6, 6.07) is 49.5. The van der Waals surface area contributed by atoms with Crippen LogP contribution in [-0.4, -0.2) is 29.7 Å². The molecule has 0 radical (unpaired) electrons. The zero-order valence-electron chi connectivity index (χ0n) is 49.6. The number of nitrogens with one attached hydrogen (secondary N) is 6. The molecule has 0 unspecified atom stereocenters. The van der Waals surface area contributed by atoms with Crippen molar-refractivity contribution in [2.45, 2.75) is 74.7 Å². The van der Waals surface area contributed by atoms with Gasteiger partial charge in [-0.3, -0.25) is 22.5 Å². The second kappa shape index (κ2) is 47.6. The van der Waals surface area contributed by atoms with Crippen molar-refractivity contribution in [2.24, 2.45) is 0 Å². The minimum Gasteiger partial charge on any atom is -0.513 e. The van der Waals surface area contributed by atoms with Crippen LogP contribution in [0.5, 0.6) is 0 Å². The molecular formula is C55H68BBr2F10I3N12O4Os3P-7. The molecule has 0 aliphatic carbocycles. The predicted molar refractivity (Wildman–Crippen MR) is 364 cm³/mol. The molecule has 0 amide bonds. The van der Waals surface area contributed by atoms with Crippen LogP contribution < -0.4 is 90.6 Å². The minimum atomic E-state index is -10.7. The number of hydrazine groups is 3. The van der Waals surface area contributed by atoms with Crippen molar-refractivity contribution < 1.29 is 130 Å². The summed E-state index contributed by atoms with van der Waals surface area (Å²) in [5.74, 6) is -1.67. The van der Waals surface area contributed by atoms with Crippen LogP contribution in [0.3, 0.4) is 0 Å². The fraction of sp³-hybridized carbons (Fsp3) is 0.200. The molecule has 6 aliphatic rings. The first-order valence-corrected chi connectivity index (χ1v) is 53.5. The van der Waals surface area contributed by atoms with Gasteiger partial charge < -0.3 is 101 Å². The van der Waals surface area contributed by atoms with Crippen LogP contribution in [0.2, 0.25) is 0 Å². The van der Waals surface area contributed by atoms with E-state index in [1.165, 1.54) is 19.3 Å². The van der Waals surface area contributed by atoms with Gasteiger partial charge in [0, 0.05) is 82.1 Å². The minimum absolute atomic E-state index is 0. The first-order chi connectivity index (χ1) is 41.5. The molecule has 12 rings (SSSR count). The Morgan fingerprint density at radius 3 is 0.626 bits per heavy atom. The van der Waals surface area contributed by atoms with Gasteiger partial charge in [0.1, 0.15) is 0 Å². The van der Waals surface area contributed by atoms with E-state index in [9.17, 15) is 38.1 Å². The third-order valence-electron chi connectivity index (χ3n) is 9.66. The van der Waals surface area contributed by atoms with Crippen molar-refractivity contribution in [2.75, 3.05) is 62.0 Å². The van der Waals surface area contributed by atoms with E-state index in [-0.39, 0.29) is 61.9 Å². The average Bonchev–Trinajstić information content (AvgIpc) is 1.67. The summed E-state index contributed by atoms with van der Waals surface area (Å²) in [6.07, 6.45) is 3.75. The number of carboxylic acid groups (broad SMARTS) is 2. The van der Waals surface area contributed by atoms with Crippen molar-refractivity contribution in [3.8, 4) is 0 Å². The predicted octanol–water partition coefficient (Wildman–Crippen LogP) is 15.2. The Kier molecular flexibility index (Phi) is 48.1. The molecule has 6 aliphatic heterocycles. The Bertz CT molecular complexity index is 2540. The zero-order chi connectivity index (χ0) is 66.5. The number of hydrogen-bond acceptors (Lipinski definition) is 14. The smallest absolute Gasteiger partial charge is 0.513 e. The van der Waals surface area contributed by atoms with Gasteiger partial charge in [-0.25, -0.2) is 0 Å². The van der Waals surface area contributed by atoms with Crippen LogP contribution in [-0.2, 0) is 53.1 Å². The molecule has 516 valence electrons. The molecule has 0 fully saturated rings. The van der Waals surface area contributed by atoms with Gasteiger partial charge in [0.05, 0.1) is 0 Å². The molecule has 0 aromatic heterocycles. The molecule has 8 N–H and O–H groups in total. The van der Waals surface area contributed by atoms with Gasteiger partial charge in [-0.05, 0) is 72.8 Å². The maximum atomic E-state index is 9.87. The fourth-order valence-corrected chi connectivity index (χ4v) is 7.04. The largest absolute Gasteiger partial charge is 2.00 e. The van der Waals surface area contributed by atoms with Crippen molar-refractivity contribution in [3.05, 3.63) is 186 Å². The second-order valence-electron chi connectivity index (χ2n) is 17.3. The molecule has 0 bridgehead atoms. The molecule has 36 heteroatoms. The molecular weight excluding hydrogens is 2240 g/mol. The van der Waals surface area contributed by atoms with Gasteiger partial charge in [0.25, 0.3) is 11.9 Å². The number of anilines is 12. The number of nitrogens with zero attached hydrogens (tertiary/aromatic N) is 6. The summed E-state index contributed by atoms with van der Waals surface area (Å²) < 4.78 is 88.2. The van der Waals surface area contributed by atoms with Crippen LogP contribution in [0, 0.1) is 40.0 Å². The number of carboxylic acids is 2. The summed E-state index contributed by atoms with van der Waals surface area (Å²) in [7, 11) is -14.0. The molecule has 16 nitrogen and oxygen atoms in total. The first kappa shape index (κ1) is 91.9. The number of fused-ring (bicyclic) bond motifs is 6. The van der Waals surface area contributed by atoms with Gasteiger partial charge in [-0.2, -0.15) is 0 Å². The molecule has 0 saturated heterocycles. The van der Waals surface area contributed by atoms with E-state index < -0.39 is 27.3 Å². The monoisotopic (exact) mass is 2310 g/mol. The maximum absolute atomic E-state index is 10.7. The summed E-state index contributed by atoms with van der Waals surface area (Å²) >= 11 is 11.3. The third kappa shape index (κ3) is 37.6. The van der Waals surface area contributed by atoms with Crippen molar-refractivity contribution in [1.29, 1.82) is 0 Å². The van der Waals surface area contributed by atoms with E-state index in [0.717, 1.165) is 82.1 Å². The standard InChI is InChI=1S/3C14H12N4.3C3H8.2C2H4O2.BF3.2BrH.F6P.FH.3HI.3Os/c3*1-3-7-13-11(5-1)15-9-17(13)18-10-16-12-6-2-4-8-14(12)18;3*1-3-2;2*1-2(3)4;2-1(3)4;;;1-7(2,3,4,5)6;;;;;;;/h3*1-10,15-16H;3*3H2,1-2H3;2*1H3,(H,3,4);;2*1H;;4*1H;;;/q3*-2;;;;;;;;;-1;;;;;3*+2/p-6. The molecule has 0 atom stereocenters. The summed E-state index contributed by atoms with van der Waals surface area (Å²) in [6.45, 7) is 26.7. The second-order valence-corrected chi connectivity index (χ2v) is 48.9. The van der Waals surface area contributed by atoms with Gasteiger partial charge >= 0.3 is 151 Å². The van der Waals surface area contributed by atoms with Crippen molar-refractivity contribution in [1.82, 2.24) is 0 Å². The molecule has 6 aromatic rings. The Morgan fingerprint density at radius 1 is 0.440 bits per heavy atom. The third-order valence-corrected chi connectivity index (χ3v) is 9.66. The number of para-hydroxylation sites is 12. The quantitative estimate of drug-likeness (QED) is 0.0277. The van der Waals surface area contributed by atoms with Crippen LogP contribution in [0.4, 0.5) is 106 Å². The summed E-state index contributed by atoms with van der Waals surface area (Å²) in [4.78, 5) is 18.0. The van der Waals surface area contributed by atoms with E-state index in [1.54, 1.807) is 0 Å². The Balaban J connectivity index is -0.00000101. The van der Waals surface area contributed by atoms with Crippen LogP contribution in [0.25, 0.3) is 0 Å². The summed E-state index contributed by atoms with van der Waals surface area (Å²) in [5.41, 5.74) is 13.6. The maximum Gasteiger partial charge on any atom is 2.00 e. The number of carbonyl (C=O) groups is 2. The van der Waals surface area contributed by atoms with Crippen LogP contribution >= 0.6 is 74.3 Å². The van der Waals surface area contributed by atoms with E-state index in [0.29, 0.717) is 10.3 Å². The van der Waals surface area contributed by atoms with Gasteiger partial charge in [-0.15, -0.1) is 40.0 Å². The fourth-order valence-electron chi connectivity index (χ4n) is 7.04. The summed E-state index contributed by atoms with van der Waals surface area (Å²) in [5, 5.41) is 47.0. The van der Waals surface area contributed by atoms with Gasteiger partial charge in [0.2, 0.25) is 0 Å². The number of benzene rings is 6.